The normalized spacial score (nSPS) is 17.9. The molecule has 16 heavy (non-hydrogen) atoms. The van der Waals surface area contributed by atoms with Crippen LogP contribution in [0, 0.1) is 0 Å². The van der Waals surface area contributed by atoms with Crippen LogP contribution in [-0.4, -0.2) is 24.4 Å². The summed E-state index contributed by atoms with van der Waals surface area (Å²) in [5.41, 5.74) is 1.10. The summed E-state index contributed by atoms with van der Waals surface area (Å²) in [5.74, 6) is 1.72. The minimum Gasteiger partial charge on any atom is -0.486 e. The van der Waals surface area contributed by atoms with Gasteiger partial charge in [0, 0.05) is 5.92 Å². The van der Waals surface area contributed by atoms with Crippen LogP contribution in [0.4, 0.5) is 0 Å². The lowest BCUT2D eigenvalue weighted by molar-refractivity contribution is 0.144. The Morgan fingerprint density at radius 3 is 2.62 bits per heavy atom. The number of aliphatic hydroxyl groups is 1. The van der Waals surface area contributed by atoms with E-state index in [1.54, 1.807) is 0 Å². The van der Waals surface area contributed by atoms with Crippen molar-refractivity contribution in [2.45, 2.75) is 32.3 Å². The molecule has 0 spiro atoms. The third kappa shape index (κ3) is 2.14. The molecule has 1 aromatic carbocycles. The van der Waals surface area contributed by atoms with Crippen LogP contribution < -0.4 is 9.47 Å². The molecule has 88 valence electrons. The molecule has 0 aliphatic carbocycles. The topological polar surface area (TPSA) is 38.7 Å². The Bertz CT molecular complexity index is 362. The van der Waals surface area contributed by atoms with Gasteiger partial charge in [-0.25, -0.2) is 0 Å². The molecule has 0 bridgehead atoms. The Hall–Kier alpha value is -1.22. The molecule has 3 heteroatoms. The van der Waals surface area contributed by atoms with Crippen molar-refractivity contribution in [2.75, 3.05) is 13.2 Å². The molecule has 2 rings (SSSR count). The first-order valence-corrected chi connectivity index (χ1v) is 5.80. The maximum Gasteiger partial charge on any atom is 0.161 e. The van der Waals surface area contributed by atoms with Crippen LogP contribution in [0.5, 0.6) is 11.5 Å². The van der Waals surface area contributed by atoms with Crippen LogP contribution in [0.25, 0.3) is 0 Å². The fourth-order valence-corrected chi connectivity index (χ4v) is 1.92. The van der Waals surface area contributed by atoms with Crippen molar-refractivity contribution < 1.29 is 14.6 Å². The molecule has 1 aliphatic rings. The van der Waals surface area contributed by atoms with Crippen molar-refractivity contribution in [3.8, 4) is 11.5 Å². The molecule has 3 nitrogen and oxygen atoms in total. The highest BCUT2D eigenvalue weighted by Crippen LogP contribution is 2.34. The van der Waals surface area contributed by atoms with Crippen molar-refractivity contribution in [3.05, 3.63) is 23.8 Å². The van der Waals surface area contributed by atoms with Crippen molar-refractivity contribution in [1.29, 1.82) is 0 Å². The largest absolute Gasteiger partial charge is 0.486 e. The van der Waals surface area contributed by atoms with Gasteiger partial charge in [-0.2, -0.15) is 0 Å². The molecule has 2 atom stereocenters. The molecule has 0 saturated carbocycles. The van der Waals surface area contributed by atoms with Crippen LogP contribution in [0.2, 0.25) is 0 Å². The monoisotopic (exact) mass is 222 g/mol. The summed E-state index contributed by atoms with van der Waals surface area (Å²) in [5, 5.41) is 9.81. The van der Waals surface area contributed by atoms with Crippen LogP contribution in [0.1, 0.15) is 31.7 Å². The Kier molecular flexibility index (Phi) is 3.34. The zero-order valence-electron chi connectivity index (χ0n) is 9.77. The van der Waals surface area contributed by atoms with Gasteiger partial charge in [0.1, 0.15) is 13.2 Å². The van der Waals surface area contributed by atoms with Gasteiger partial charge in [-0.3, -0.25) is 0 Å². The Labute approximate surface area is 96.0 Å². The Morgan fingerprint density at radius 2 is 1.94 bits per heavy atom. The molecule has 1 aromatic rings. The average Bonchev–Trinajstić information content (AvgIpc) is 2.36. The molecule has 0 amide bonds. The molecule has 0 fully saturated rings. The number of hydrogen-bond donors (Lipinski definition) is 1. The predicted molar refractivity (Wildman–Crippen MR) is 62.1 cm³/mol. The highest BCUT2D eigenvalue weighted by atomic mass is 16.6. The highest BCUT2D eigenvalue weighted by molar-refractivity contribution is 5.44. The quantitative estimate of drug-likeness (QED) is 0.853. The fraction of sp³-hybridized carbons (Fsp3) is 0.538. The third-order valence-electron chi connectivity index (χ3n) is 3.09. The van der Waals surface area contributed by atoms with Gasteiger partial charge in [-0.1, -0.05) is 19.9 Å². The van der Waals surface area contributed by atoms with Gasteiger partial charge in [0.05, 0.1) is 6.10 Å². The minimum atomic E-state index is -0.303. The number of aliphatic hydroxyl groups excluding tert-OH is 1. The molecule has 1 aliphatic heterocycles. The summed E-state index contributed by atoms with van der Waals surface area (Å²) in [6.45, 7) is 5.22. The van der Waals surface area contributed by atoms with Crippen LogP contribution in [0.15, 0.2) is 18.2 Å². The summed E-state index contributed by atoms with van der Waals surface area (Å²) < 4.78 is 11.0. The van der Waals surface area contributed by atoms with Crippen molar-refractivity contribution in [2.24, 2.45) is 0 Å². The number of rotatable bonds is 3. The van der Waals surface area contributed by atoms with Crippen molar-refractivity contribution in [3.63, 3.8) is 0 Å². The number of benzene rings is 1. The lowest BCUT2D eigenvalue weighted by Gasteiger charge is -2.22. The van der Waals surface area contributed by atoms with E-state index in [-0.39, 0.29) is 12.0 Å². The van der Waals surface area contributed by atoms with E-state index in [0.29, 0.717) is 13.2 Å². The van der Waals surface area contributed by atoms with E-state index >= 15 is 0 Å². The Morgan fingerprint density at radius 1 is 1.25 bits per heavy atom. The van der Waals surface area contributed by atoms with Crippen molar-refractivity contribution >= 4 is 0 Å². The maximum absolute atomic E-state index is 9.81. The smallest absolute Gasteiger partial charge is 0.161 e. The van der Waals surface area contributed by atoms with E-state index in [4.69, 9.17) is 9.47 Å². The standard InChI is InChI=1S/C13H18O3/c1-3-11(14)9(2)10-4-5-12-13(8-10)16-7-6-15-12/h4-5,8-9,11,14H,3,6-7H2,1-2H3. The van der Waals surface area contributed by atoms with Gasteiger partial charge in [-0.15, -0.1) is 0 Å². The zero-order valence-corrected chi connectivity index (χ0v) is 9.77. The highest BCUT2D eigenvalue weighted by Gasteiger charge is 2.18. The van der Waals surface area contributed by atoms with Gasteiger partial charge < -0.3 is 14.6 Å². The maximum atomic E-state index is 9.81. The van der Waals surface area contributed by atoms with E-state index < -0.39 is 0 Å². The molecule has 0 saturated heterocycles. The van der Waals surface area contributed by atoms with Crippen molar-refractivity contribution in [1.82, 2.24) is 0 Å². The summed E-state index contributed by atoms with van der Waals surface area (Å²) >= 11 is 0. The number of fused-ring (bicyclic) bond motifs is 1. The summed E-state index contributed by atoms with van der Waals surface area (Å²) in [6, 6.07) is 5.89. The summed E-state index contributed by atoms with van der Waals surface area (Å²) in [6.07, 6.45) is 0.456. The first kappa shape index (κ1) is 11.3. The zero-order chi connectivity index (χ0) is 11.5. The first-order chi connectivity index (χ1) is 7.72. The first-order valence-electron chi connectivity index (χ1n) is 5.80. The van der Waals surface area contributed by atoms with Gasteiger partial charge in [0.15, 0.2) is 11.5 Å². The summed E-state index contributed by atoms with van der Waals surface area (Å²) in [7, 11) is 0. The average molecular weight is 222 g/mol. The van der Waals surface area contributed by atoms with Gasteiger partial charge >= 0.3 is 0 Å². The van der Waals surface area contributed by atoms with E-state index in [2.05, 4.69) is 0 Å². The lowest BCUT2D eigenvalue weighted by atomic mass is 9.93. The third-order valence-corrected chi connectivity index (χ3v) is 3.09. The summed E-state index contributed by atoms with van der Waals surface area (Å²) in [4.78, 5) is 0. The van der Waals surface area contributed by atoms with E-state index in [9.17, 15) is 5.11 Å². The van der Waals surface area contributed by atoms with Gasteiger partial charge in [0.2, 0.25) is 0 Å². The second kappa shape index (κ2) is 4.74. The number of hydrogen-bond acceptors (Lipinski definition) is 3. The van der Waals surface area contributed by atoms with E-state index in [0.717, 1.165) is 23.5 Å². The van der Waals surface area contributed by atoms with Gasteiger partial charge in [-0.05, 0) is 24.1 Å². The van der Waals surface area contributed by atoms with Gasteiger partial charge in [0.25, 0.3) is 0 Å². The number of ether oxygens (including phenoxy) is 2. The molecular weight excluding hydrogens is 204 g/mol. The molecule has 1 heterocycles. The second-order valence-corrected chi connectivity index (χ2v) is 4.17. The molecule has 1 N–H and O–H groups in total. The molecule has 0 radical (unpaired) electrons. The van der Waals surface area contributed by atoms with Crippen LogP contribution >= 0.6 is 0 Å². The molecule has 0 aromatic heterocycles. The SMILES string of the molecule is CCC(O)C(C)c1ccc2c(c1)OCCO2. The van der Waals surface area contributed by atoms with Crippen LogP contribution in [0.3, 0.4) is 0 Å². The lowest BCUT2D eigenvalue weighted by Crippen LogP contribution is -2.17. The van der Waals surface area contributed by atoms with Crippen LogP contribution in [-0.2, 0) is 0 Å². The minimum absolute atomic E-state index is 0.126. The second-order valence-electron chi connectivity index (χ2n) is 4.17. The fourth-order valence-electron chi connectivity index (χ4n) is 1.92. The molecule has 2 unspecified atom stereocenters. The predicted octanol–water partition coefficient (Wildman–Crippen LogP) is 2.33. The molecular formula is C13H18O3. The van der Waals surface area contributed by atoms with E-state index in [1.807, 2.05) is 32.0 Å². The Balaban J connectivity index is 2.22. The van der Waals surface area contributed by atoms with E-state index in [1.165, 1.54) is 0 Å².